The van der Waals surface area contributed by atoms with Crippen molar-refractivity contribution in [1.29, 1.82) is 0 Å². The molecule has 0 spiro atoms. The van der Waals surface area contributed by atoms with Crippen LogP contribution >= 0.6 is 0 Å². The first-order valence-electron chi connectivity index (χ1n) is 9.22. The van der Waals surface area contributed by atoms with Gasteiger partial charge in [0, 0.05) is 5.69 Å². The van der Waals surface area contributed by atoms with E-state index >= 15 is 0 Å². The van der Waals surface area contributed by atoms with E-state index in [1.165, 1.54) is 18.2 Å². The predicted octanol–water partition coefficient (Wildman–Crippen LogP) is 3.76. The number of imide groups is 1. The molecule has 4 amide bonds. The fraction of sp³-hybridized carbons (Fsp3) is 0.286. The van der Waals surface area contributed by atoms with Crippen molar-refractivity contribution in [2.75, 3.05) is 11.9 Å². The third-order valence-corrected chi connectivity index (χ3v) is 4.88. The second kappa shape index (κ2) is 7.81. The largest absolute Gasteiger partial charge is 0.425 e. The van der Waals surface area contributed by atoms with Crippen LogP contribution in [0.2, 0.25) is 0 Å². The SMILES string of the molecule is CC(C)c1cccc(NC(=O)CN2C(=O)NC(c3ccccc3)(C(F)(F)F)C2=O)c1. The number of anilines is 1. The molecule has 0 bridgehead atoms. The minimum Gasteiger partial charge on any atom is -0.325 e. The summed E-state index contributed by atoms with van der Waals surface area (Å²) >= 11 is 0. The van der Waals surface area contributed by atoms with Gasteiger partial charge in [0.15, 0.2) is 0 Å². The van der Waals surface area contributed by atoms with Gasteiger partial charge in [-0.3, -0.25) is 14.5 Å². The Hall–Kier alpha value is -3.36. The number of carbonyl (C=O) groups excluding carboxylic acids is 3. The number of carbonyl (C=O) groups is 3. The third-order valence-electron chi connectivity index (χ3n) is 4.88. The Morgan fingerprint density at radius 1 is 1.10 bits per heavy atom. The summed E-state index contributed by atoms with van der Waals surface area (Å²) in [6.07, 6.45) is -5.10. The fourth-order valence-electron chi connectivity index (χ4n) is 3.28. The Kier molecular flexibility index (Phi) is 5.56. The first kappa shape index (κ1) is 21.4. The van der Waals surface area contributed by atoms with E-state index in [9.17, 15) is 27.6 Å². The highest BCUT2D eigenvalue weighted by Gasteiger charge is 2.68. The van der Waals surface area contributed by atoms with Gasteiger partial charge in [0.1, 0.15) is 6.54 Å². The summed E-state index contributed by atoms with van der Waals surface area (Å²) in [6, 6.07) is 12.0. The Bertz CT molecular complexity index is 976. The molecule has 1 fully saturated rings. The molecule has 3 rings (SSSR count). The first-order valence-corrected chi connectivity index (χ1v) is 9.22. The molecule has 0 aromatic heterocycles. The molecule has 1 atom stereocenters. The molecule has 9 heteroatoms. The summed E-state index contributed by atoms with van der Waals surface area (Å²) in [4.78, 5) is 37.7. The summed E-state index contributed by atoms with van der Waals surface area (Å²) in [5, 5.41) is 4.27. The molecule has 1 unspecified atom stereocenters. The number of amides is 4. The molecule has 30 heavy (non-hydrogen) atoms. The molecule has 1 heterocycles. The molecular weight excluding hydrogens is 399 g/mol. The molecule has 0 aliphatic carbocycles. The van der Waals surface area contributed by atoms with Crippen molar-refractivity contribution in [3.63, 3.8) is 0 Å². The van der Waals surface area contributed by atoms with Crippen molar-refractivity contribution in [2.45, 2.75) is 31.5 Å². The highest BCUT2D eigenvalue weighted by Crippen LogP contribution is 2.43. The number of alkyl halides is 3. The van der Waals surface area contributed by atoms with Crippen LogP contribution in [0.1, 0.15) is 30.9 Å². The Balaban J connectivity index is 1.84. The highest BCUT2D eigenvalue weighted by atomic mass is 19.4. The van der Waals surface area contributed by atoms with E-state index in [2.05, 4.69) is 5.32 Å². The second-order valence-corrected chi connectivity index (χ2v) is 7.26. The van der Waals surface area contributed by atoms with Gasteiger partial charge in [0.25, 0.3) is 5.91 Å². The van der Waals surface area contributed by atoms with E-state index < -0.39 is 41.7 Å². The zero-order valence-electron chi connectivity index (χ0n) is 16.3. The average Bonchev–Trinajstić information content (AvgIpc) is 2.94. The van der Waals surface area contributed by atoms with Crippen LogP contribution in [-0.4, -0.2) is 35.5 Å². The van der Waals surface area contributed by atoms with Crippen LogP contribution in [0, 0.1) is 0 Å². The number of benzene rings is 2. The van der Waals surface area contributed by atoms with E-state index in [0.717, 1.165) is 17.7 Å². The van der Waals surface area contributed by atoms with E-state index in [1.807, 2.05) is 19.9 Å². The zero-order valence-corrected chi connectivity index (χ0v) is 16.3. The van der Waals surface area contributed by atoms with Crippen molar-refractivity contribution < 1.29 is 27.6 Å². The van der Waals surface area contributed by atoms with Crippen LogP contribution in [0.4, 0.5) is 23.7 Å². The van der Waals surface area contributed by atoms with Gasteiger partial charge in [-0.05, 0) is 29.2 Å². The quantitative estimate of drug-likeness (QED) is 0.725. The van der Waals surface area contributed by atoms with Gasteiger partial charge in [-0.2, -0.15) is 13.2 Å². The number of hydrogen-bond acceptors (Lipinski definition) is 3. The average molecular weight is 419 g/mol. The lowest BCUT2D eigenvalue weighted by Crippen LogP contribution is -2.55. The van der Waals surface area contributed by atoms with Crippen molar-refractivity contribution in [3.05, 3.63) is 65.7 Å². The number of hydrogen-bond donors (Lipinski definition) is 2. The third kappa shape index (κ3) is 3.74. The highest BCUT2D eigenvalue weighted by molar-refractivity contribution is 6.11. The lowest BCUT2D eigenvalue weighted by Gasteiger charge is -2.29. The molecule has 1 aliphatic rings. The van der Waals surface area contributed by atoms with Crippen LogP contribution in [0.15, 0.2) is 54.6 Å². The van der Waals surface area contributed by atoms with Gasteiger partial charge in [0.05, 0.1) is 0 Å². The van der Waals surface area contributed by atoms with Crippen molar-refractivity contribution in [3.8, 4) is 0 Å². The second-order valence-electron chi connectivity index (χ2n) is 7.26. The zero-order chi connectivity index (χ0) is 22.1. The maximum atomic E-state index is 13.9. The summed E-state index contributed by atoms with van der Waals surface area (Å²) < 4.78 is 41.8. The van der Waals surface area contributed by atoms with Gasteiger partial charge in [0.2, 0.25) is 11.4 Å². The first-order chi connectivity index (χ1) is 14.1. The maximum absolute atomic E-state index is 13.9. The molecule has 2 aromatic carbocycles. The van der Waals surface area contributed by atoms with Crippen LogP contribution in [0.25, 0.3) is 0 Å². The maximum Gasteiger partial charge on any atom is 0.425 e. The van der Waals surface area contributed by atoms with Crippen molar-refractivity contribution in [2.24, 2.45) is 0 Å². The molecule has 0 radical (unpaired) electrons. The van der Waals surface area contributed by atoms with Crippen LogP contribution in [0.5, 0.6) is 0 Å². The summed E-state index contributed by atoms with van der Waals surface area (Å²) in [7, 11) is 0. The van der Waals surface area contributed by atoms with Crippen molar-refractivity contribution >= 4 is 23.5 Å². The fourth-order valence-corrected chi connectivity index (χ4v) is 3.28. The topological polar surface area (TPSA) is 78.5 Å². The standard InChI is InChI=1S/C21H20F3N3O3/c1-13(2)14-7-6-10-16(11-14)25-17(28)12-27-18(29)20(21(22,23)24,26-19(27)30)15-8-4-3-5-9-15/h3-11,13H,12H2,1-2H3,(H,25,28)(H,26,30). The predicted molar refractivity (Wildman–Crippen MR) is 104 cm³/mol. The van der Waals surface area contributed by atoms with E-state index in [0.29, 0.717) is 5.69 Å². The van der Waals surface area contributed by atoms with Crippen LogP contribution in [0.3, 0.4) is 0 Å². The van der Waals surface area contributed by atoms with Gasteiger partial charge in [-0.1, -0.05) is 56.3 Å². The minimum absolute atomic E-state index is 0.200. The molecule has 1 saturated heterocycles. The molecule has 6 nitrogen and oxygen atoms in total. The Morgan fingerprint density at radius 3 is 2.37 bits per heavy atom. The normalized spacial score (nSPS) is 19.2. The van der Waals surface area contributed by atoms with Gasteiger partial charge in [-0.15, -0.1) is 0 Å². The molecule has 1 aliphatic heterocycles. The van der Waals surface area contributed by atoms with Crippen LogP contribution < -0.4 is 10.6 Å². The summed E-state index contributed by atoms with van der Waals surface area (Å²) in [6.45, 7) is 3.09. The molecular formula is C21H20F3N3O3. The smallest absolute Gasteiger partial charge is 0.325 e. The van der Waals surface area contributed by atoms with E-state index in [4.69, 9.17) is 0 Å². The molecule has 2 N–H and O–H groups in total. The number of urea groups is 1. The van der Waals surface area contributed by atoms with Gasteiger partial charge in [-0.25, -0.2) is 4.79 Å². The Morgan fingerprint density at radius 2 is 1.77 bits per heavy atom. The van der Waals surface area contributed by atoms with Gasteiger partial charge >= 0.3 is 12.2 Å². The Labute approximate surface area is 171 Å². The van der Waals surface area contributed by atoms with Crippen LogP contribution in [-0.2, 0) is 15.1 Å². The lowest BCUT2D eigenvalue weighted by molar-refractivity contribution is -0.198. The number of rotatable bonds is 5. The minimum atomic E-state index is -5.10. The van der Waals surface area contributed by atoms with E-state index in [1.54, 1.807) is 23.5 Å². The van der Waals surface area contributed by atoms with Gasteiger partial charge < -0.3 is 10.6 Å². The molecule has 158 valence electrons. The molecule has 2 aromatic rings. The monoisotopic (exact) mass is 419 g/mol. The number of nitrogens with one attached hydrogen (secondary N) is 2. The number of nitrogens with zero attached hydrogens (tertiary/aromatic N) is 1. The summed E-state index contributed by atoms with van der Waals surface area (Å²) in [5.74, 6) is -2.13. The summed E-state index contributed by atoms with van der Waals surface area (Å²) in [5.41, 5.74) is -2.29. The van der Waals surface area contributed by atoms with Crippen molar-refractivity contribution in [1.82, 2.24) is 10.2 Å². The number of halogens is 3. The lowest BCUT2D eigenvalue weighted by atomic mass is 9.89. The van der Waals surface area contributed by atoms with E-state index in [-0.39, 0.29) is 10.8 Å². The molecule has 0 saturated carbocycles.